The highest BCUT2D eigenvalue weighted by Crippen LogP contribution is 2.40. The van der Waals surface area contributed by atoms with Gasteiger partial charge in [0.25, 0.3) is 0 Å². The summed E-state index contributed by atoms with van der Waals surface area (Å²) >= 11 is 0. The van der Waals surface area contributed by atoms with E-state index in [1.54, 1.807) is 0 Å². The second kappa shape index (κ2) is 8.26. The van der Waals surface area contributed by atoms with Crippen LogP contribution in [-0.4, -0.2) is 42.1 Å². The Balaban J connectivity index is 1.70. The predicted octanol–water partition coefficient (Wildman–Crippen LogP) is 4.76. The van der Waals surface area contributed by atoms with Crippen molar-refractivity contribution < 1.29 is 0 Å². The number of rotatable bonds is 8. The fourth-order valence-electron chi connectivity index (χ4n) is 2.99. The molecule has 1 aliphatic carbocycles. The van der Waals surface area contributed by atoms with Crippen LogP contribution < -0.4 is 10.6 Å². The van der Waals surface area contributed by atoms with Gasteiger partial charge in [0, 0.05) is 24.2 Å². The molecule has 1 fully saturated rings. The van der Waals surface area contributed by atoms with Crippen molar-refractivity contribution >= 4 is 17.5 Å². The summed E-state index contributed by atoms with van der Waals surface area (Å²) in [5.74, 6) is 2.19. The summed E-state index contributed by atoms with van der Waals surface area (Å²) in [5, 5.41) is 6.84. The third-order valence-electron chi connectivity index (χ3n) is 4.83. The van der Waals surface area contributed by atoms with Gasteiger partial charge in [0.1, 0.15) is 5.82 Å². The van der Waals surface area contributed by atoms with Gasteiger partial charge in [-0.05, 0) is 63.0 Å². The van der Waals surface area contributed by atoms with E-state index in [0.717, 1.165) is 42.7 Å². The molecule has 27 heavy (non-hydrogen) atoms. The van der Waals surface area contributed by atoms with Crippen molar-refractivity contribution in [3.8, 4) is 0 Å². The molecular weight excluding hydrogens is 334 g/mol. The molecule has 1 saturated carbocycles. The molecule has 1 heterocycles. The van der Waals surface area contributed by atoms with Crippen molar-refractivity contribution in [2.24, 2.45) is 0 Å². The van der Waals surface area contributed by atoms with Crippen molar-refractivity contribution in [2.45, 2.75) is 51.4 Å². The van der Waals surface area contributed by atoms with Crippen molar-refractivity contribution in [1.29, 1.82) is 0 Å². The average Bonchev–Trinajstić information content (AvgIpc) is 3.43. The minimum atomic E-state index is 0.163. The molecule has 0 saturated heterocycles. The van der Waals surface area contributed by atoms with Crippen LogP contribution in [0.15, 0.2) is 30.3 Å². The van der Waals surface area contributed by atoms with E-state index in [9.17, 15) is 0 Å². The van der Waals surface area contributed by atoms with Crippen LogP contribution in [0.1, 0.15) is 57.2 Å². The lowest BCUT2D eigenvalue weighted by Gasteiger charge is -2.19. The summed E-state index contributed by atoms with van der Waals surface area (Å²) in [6.45, 7) is 8.63. The Morgan fingerprint density at radius 1 is 1.07 bits per heavy atom. The van der Waals surface area contributed by atoms with E-state index in [1.807, 2.05) is 0 Å². The summed E-state index contributed by atoms with van der Waals surface area (Å²) in [4.78, 5) is 11.6. The van der Waals surface area contributed by atoms with E-state index in [4.69, 9.17) is 4.98 Å². The van der Waals surface area contributed by atoms with Gasteiger partial charge in [-0.3, -0.25) is 0 Å². The molecule has 5 nitrogen and oxygen atoms in total. The number of nitrogens with one attached hydrogen (secondary N) is 2. The van der Waals surface area contributed by atoms with E-state index >= 15 is 0 Å². The maximum absolute atomic E-state index is 4.72. The lowest BCUT2D eigenvalue weighted by molar-refractivity contribution is 0.405. The van der Waals surface area contributed by atoms with Gasteiger partial charge in [0.15, 0.2) is 0 Å². The van der Waals surface area contributed by atoms with Crippen LogP contribution in [0, 0.1) is 0 Å². The molecule has 5 heteroatoms. The lowest BCUT2D eigenvalue weighted by atomic mass is 9.87. The maximum atomic E-state index is 4.72. The van der Waals surface area contributed by atoms with Crippen LogP contribution >= 0.6 is 0 Å². The van der Waals surface area contributed by atoms with Crippen molar-refractivity contribution in [3.63, 3.8) is 0 Å². The van der Waals surface area contributed by atoms with Gasteiger partial charge in [0.05, 0.1) is 5.69 Å². The highest BCUT2D eigenvalue weighted by Gasteiger charge is 2.26. The predicted molar refractivity (Wildman–Crippen MR) is 114 cm³/mol. The van der Waals surface area contributed by atoms with E-state index in [-0.39, 0.29) is 5.41 Å². The van der Waals surface area contributed by atoms with Crippen LogP contribution in [0.25, 0.3) is 0 Å². The highest BCUT2D eigenvalue weighted by atomic mass is 15.1. The van der Waals surface area contributed by atoms with Gasteiger partial charge < -0.3 is 15.5 Å². The van der Waals surface area contributed by atoms with E-state index in [2.05, 4.69) is 85.7 Å². The molecule has 0 amide bonds. The van der Waals surface area contributed by atoms with Crippen LogP contribution in [0.2, 0.25) is 0 Å². The monoisotopic (exact) mass is 367 g/mol. The fourth-order valence-corrected chi connectivity index (χ4v) is 2.99. The second-order valence-corrected chi connectivity index (χ2v) is 8.81. The van der Waals surface area contributed by atoms with Gasteiger partial charge in [-0.25, -0.2) is 4.98 Å². The number of hydrogen-bond acceptors (Lipinski definition) is 5. The first-order valence-electron chi connectivity index (χ1n) is 9.96. The standard InChI is InChI=1S/C22H33N5/c1-22(2,3)17-9-11-18(12-10-17)24-20-15-19(16-7-8-16)25-21(26-20)23-13-6-14-27(4)5/h9-12,15-16H,6-8,13-14H2,1-5H3,(H2,23,24,25,26). The number of aromatic nitrogens is 2. The Hall–Kier alpha value is -2.14. The SMILES string of the molecule is CN(C)CCCNc1nc(Nc2ccc(C(C)(C)C)cc2)cc(C2CC2)n1. The first kappa shape index (κ1) is 19.6. The topological polar surface area (TPSA) is 53.1 Å². The number of benzene rings is 1. The van der Waals surface area contributed by atoms with Crippen LogP contribution in [0.5, 0.6) is 0 Å². The molecule has 0 atom stereocenters. The molecule has 0 bridgehead atoms. The maximum Gasteiger partial charge on any atom is 0.224 e. The largest absolute Gasteiger partial charge is 0.354 e. The average molecular weight is 368 g/mol. The van der Waals surface area contributed by atoms with Gasteiger partial charge in [-0.15, -0.1) is 0 Å². The van der Waals surface area contributed by atoms with Crippen LogP contribution in [0.4, 0.5) is 17.5 Å². The third-order valence-corrected chi connectivity index (χ3v) is 4.83. The van der Waals surface area contributed by atoms with E-state index < -0.39 is 0 Å². The summed E-state index contributed by atoms with van der Waals surface area (Å²) in [7, 11) is 4.19. The molecule has 0 spiro atoms. The van der Waals surface area contributed by atoms with Crippen molar-refractivity contribution in [1.82, 2.24) is 14.9 Å². The molecule has 3 rings (SSSR count). The Morgan fingerprint density at radius 2 is 1.78 bits per heavy atom. The Labute approximate surface area is 163 Å². The molecule has 0 radical (unpaired) electrons. The molecule has 2 N–H and O–H groups in total. The first-order valence-corrected chi connectivity index (χ1v) is 9.96. The molecular formula is C22H33N5. The summed E-state index contributed by atoms with van der Waals surface area (Å²) < 4.78 is 0. The highest BCUT2D eigenvalue weighted by molar-refractivity contribution is 5.58. The normalized spacial score (nSPS) is 14.4. The van der Waals surface area contributed by atoms with E-state index in [1.165, 1.54) is 18.4 Å². The Kier molecular flexibility index (Phi) is 6.00. The molecule has 146 valence electrons. The molecule has 0 aliphatic heterocycles. The van der Waals surface area contributed by atoms with Gasteiger partial charge in [0.2, 0.25) is 5.95 Å². The zero-order chi connectivity index (χ0) is 19.4. The summed E-state index contributed by atoms with van der Waals surface area (Å²) in [6, 6.07) is 10.7. The second-order valence-electron chi connectivity index (χ2n) is 8.81. The number of nitrogens with zero attached hydrogens (tertiary/aromatic N) is 3. The van der Waals surface area contributed by atoms with Crippen molar-refractivity contribution in [2.75, 3.05) is 37.8 Å². The van der Waals surface area contributed by atoms with Gasteiger partial charge in [-0.1, -0.05) is 32.9 Å². The van der Waals surface area contributed by atoms with Gasteiger partial charge in [-0.2, -0.15) is 4.98 Å². The summed E-state index contributed by atoms with van der Waals surface area (Å²) in [5.41, 5.74) is 3.70. The first-order chi connectivity index (χ1) is 12.8. The molecule has 1 aromatic carbocycles. The molecule has 1 aliphatic rings. The zero-order valence-corrected chi connectivity index (χ0v) is 17.3. The fraction of sp³-hybridized carbons (Fsp3) is 0.545. The number of hydrogen-bond donors (Lipinski definition) is 2. The molecule has 1 aromatic heterocycles. The third kappa shape index (κ3) is 5.93. The van der Waals surface area contributed by atoms with Crippen LogP contribution in [0.3, 0.4) is 0 Å². The minimum Gasteiger partial charge on any atom is -0.354 e. The zero-order valence-electron chi connectivity index (χ0n) is 17.3. The lowest BCUT2D eigenvalue weighted by Crippen LogP contribution is -2.17. The summed E-state index contributed by atoms with van der Waals surface area (Å²) in [6.07, 6.45) is 3.54. The van der Waals surface area contributed by atoms with E-state index in [0.29, 0.717) is 5.92 Å². The Morgan fingerprint density at radius 3 is 2.37 bits per heavy atom. The smallest absolute Gasteiger partial charge is 0.224 e. The molecule has 0 unspecified atom stereocenters. The minimum absolute atomic E-state index is 0.163. The molecule has 2 aromatic rings. The Bertz CT molecular complexity index is 742. The van der Waals surface area contributed by atoms with Crippen LogP contribution in [-0.2, 0) is 5.41 Å². The van der Waals surface area contributed by atoms with Crippen molar-refractivity contribution in [3.05, 3.63) is 41.6 Å². The van der Waals surface area contributed by atoms with Gasteiger partial charge >= 0.3 is 0 Å². The quantitative estimate of drug-likeness (QED) is 0.659. The number of anilines is 3.